The quantitative estimate of drug-likeness (QED) is 0.616. The van der Waals surface area contributed by atoms with E-state index < -0.39 is 6.04 Å². The Bertz CT molecular complexity index is 277. The zero-order chi connectivity index (χ0) is 13.4. The average Bonchev–Trinajstić information content (AvgIpc) is 2.37. The second kappa shape index (κ2) is 8.05. The van der Waals surface area contributed by atoms with Crippen molar-refractivity contribution in [1.82, 2.24) is 10.2 Å². The van der Waals surface area contributed by atoms with Crippen LogP contribution in [0.15, 0.2) is 0 Å². The minimum absolute atomic E-state index is 0.0483. The first-order valence-electron chi connectivity index (χ1n) is 6.38. The third kappa shape index (κ3) is 4.62. The van der Waals surface area contributed by atoms with E-state index in [1.165, 1.54) is 0 Å². The van der Waals surface area contributed by atoms with Gasteiger partial charge in [-0.3, -0.25) is 14.5 Å². The van der Waals surface area contributed by atoms with Gasteiger partial charge < -0.3 is 9.47 Å². The number of hydrogen-bond donors (Lipinski definition) is 0. The van der Waals surface area contributed by atoms with Gasteiger partial charge >= 0.3 is 11.9 Å². The van der Waals surface area contributed by atoms with E-state index in [1.54, 1.807) is 13.8 Å². The number of ether oxygens (including phenoxy) is 2. The topological polar surface area (TPSA) is 69.9 Å². The van der Waals surface area contributed by atoms with Gasteiger partial charge in [-0.25, -0.2) is 5.32 Å². The van der Waals surface area contributed by atoms with Gasteiger partial charge in [0.1, 0.15) is 6.04 Å². The molecule has 0 aromatic carbocycles. The lowest BCUT2D eigenvalue weighted by Crippen LogP contribution is -2.50. The van der Waals surface area contributed by atoms with E-state index in [2.05, 4.69) is 5.32 Å². The van der Waals surface area contributed by atoms with Crippen LogP contribution in [-0.4, -0.2) is 62.3 Å². The Kier molecular flexibility index (Phi) is 6.67. The highest BCUT2D eigenvalue weighted by atomic mass is 16.5. The molecule has 0 amide bonds. The third-order valence-electron chi connectivity index (χ3n) is 2.76. The fraction of sp³-hybridized carbons (Fsp3) is 0.833. The van der Waals surface area contributed by atoms with E-state index in [9.17, 15) is 9.59 Å². The summed E-state index contributed by atoms with van der Waals surface area (Å²) in [6.45, 7) is 6.89. The molecule has 1 aliphatic heterocycles. The summed E-state index contributed by atoms with van der Waals surface area (Å²) in [7, 11) is 0. The molecule has 1 radical (unpaired) electrons. The van der Waals surface area contributed by atoms with Crippen LogP contribution < -0.4 is 5.32 Å². The lowest BCUT2D eigenvalue weighted by atomic mass is 10.1. The second-order valence-electron chi connectivity index (χ2n) is 3.98. The minimum Gasteiger partial charge on any atom is -0.466 e. The fourth-order valence-electron chi connectivity index (χ4n) is 1.91. The maximum Gasteiger partial charge on any atom is 0.323 e. The predicted molar refractivity (Wildman–Crippen MR) is 65.1 cm³/mol. The van der Waals surface area contributed by atoms with Crippen molar-refractivity contribution in [2.24, 2.45) is 0 Å². The van der Waals surface area contributed by atoms with Crippen molar-refractivity contribution < 1.29 is 19.1 Å². The van der Waals surface area contributed by atoms with Crippen molar-refractivity contribution in [2.75, 3.05) is 39.4 Å². The Morgan fingerprint density at radius 3 is 2.33 bits per heavy atom. The van der Waals surface area contributed by atoms with Gasteiger partial charge in [0.15, 0.2) is 0 Å². The maximum atomic E-state index is 11.9. The first-order chi connectivity index (χ1) is 8.69. The highest BCUT2D eigenvalue weighted by molar-refractivity contribution is 5.82. The molecule has 1 unspecified atom stereocenters. The van der Waals surface area contributed by atoms with Gasteiger partial charge in [-0.05, 0) is 13.8 Å². The molecule has 0 bridgehead atoms. The Balaban J connectivity index is 2.61. The first-order valence-corrected chi connectivity index (χ1v) is 6.38. The highest BCUT2D eigenvalue weighted by Crippen LogP contribution is 2.10. The number of carbonyl (C=O) groups excluding carboxylic acids is 2. The standard InChI is InChI=1S/C12H21N2O4/c1-3-17-11(15)9-10(12(16)18-4-2)14-7-5-13-6-8-14/h10H,3-9H2,1-2H3. The number of esters is 2. The Morgan fingerprint density at radius 2 is 1.78 bits per heavy atom. The fourth-order valence-corrected chi connectivity index (χ4v) is 1.91. The molecule has 0 aromatic heterocycles. The SMILES string of the molecule is CCOC(=O)CC(C(=O)OCC)N1CC[N]CC1. The zero-order valence-corrected chi connectivity index (χ0v) is 11.1. The number of piperazine rings is 1. The molecule has 103 valence electrons. The van der Waals surface area contributed by atoms with Gasteiger partial charge in [0.25, 0.3) is 0 Å². The van der Waals surface area contributed by atoms with Crippen LogP contribution in [0.4, 0.5) is 0 Å². The van der Waals surface area contributed by atoms with Gasteiger partial charge in [-0.1, -0.05) is 0 Å². The summed E-state index contributed by atoms with van der Waals surface area (Å²) in [6, 6.07) is -0.542. The summed E-state index contributed by atoms with van der Waals surface area (Å²) in [6.07, 6.45) is 0.0483. The van der Waals surface area contributed by atoms with Crippen molar-refractivity contribution in [3.63, 3.8) is 0 Å². The summed E-state index contributed by atoms with van der Waals surface area (Å²) in [5.41, 5.74) is 0. The number of hydrogen-bond acceptors (Lipinski definition) is 5. The Labute approximate surface area is 108 Å². The van der Waals surface area contributed by atoms with Gasteiger partial charge in [0.05, 0.1) is 19.6 Å². The van der Waals surface area contributed by atoms with Gasteiger partial charge in [-0.2, -0.15) is 0 Å². The molecular formula is C12H21N2O4. The second-order valence-corrected chi connectivity index (χ2v) is 3.98. The highest BCUT2D eigenvalue weighted by Gasteiger charge is 2.31. The van der Waals surface area contributed by atoms with Crippen molar-refractivity contribution >= 4 is 11.9 Å². The first kappa shape index (κ1) is 14.9. The Hall–Kier alpha value is -1.14. The molecule has 1 heterocycles. The molecule has 18 heavy (non-hydrogen) atoms. The van der Waals surface area contributed by atoms with Crippen molar-refractivity contribution in [2.45, 2.75) is 26.3 Å². The zero-order valence-electron chi connectivity index (χ0n) is 11.1. The summed E-state index contributed by atoms with van der Waals surface area (Å²) < 4.78 is 9.91. The molecular weight excluding hydrogens is 236 g/mol. The smallest absolute Gasteiger partial charge is 0.323 e. The lowest BCUT2D eigenvalue weighted by Gasteiger charge is -2.32. The monoisotopic (exact) mass is 257 g/mol. The third-order valence-corrected chi connectivity index (χ3v) is 2.76. The molecule has 1 atom stereocenters. The van der Waals surface area contributed by atoms with Crippen LogP contribution in [0.3, 0.4) is 0 Å². The molecule has 1 saturated heterocycles. The van der Waals surface area contributed by atoms with Crippen molar-refractivity contribution in [3.05, 3.63) is 0 Å². The van der Waals surface area contributed by atoms with Crippen LogP contribution in [0.1, 0.15) is 20.3 Å². The molecule has 0 aliphatic carbocycles. The van der Waals surface area contributed by atoms with Crippen LogP contribution in [0.2, 0.25) is 0 Å². The molecule has 1 aliphatic rings. The van der Waals surface area contributed by atoms with E-state index in [4.69, 9.17) is 9.47 Å². The van der Waals surface area contributed by atoms with Crippen LogP contribution in [0.5, 0.6) is 0 Å². The molecule has 1 fully saturated rings. The summed E-state index contributed by atoms with van der Waals surface area (Å²) in [4.78, 5) is 25.4. The van der Waals surface area contributed by atoms with Crippen molar-refractivity contribution in [1.29, 1.82) is 0 Å². The van der Waals surface area contributed by atoms with E-state index >= 15 is 0 Å². The van der Waals surface area contributed by atoms with Gasteiger partial charge in [-0.15, -0.1) is 0 Å². The van der Waals surface area contributed by atoms with E-state index in [0.29, 0.717) is 39.4 Å². The number of rotatable bonds is 6. The predicted octanol–water partition coefficient (Wildman–Crippen LogP) is -0.209. The van der Waals surface area contributed by atoms with E-state index in [-0.39, 0.29) is 18.4 Å². The number of carbonyl (C=O) groups is 2. The van der Waals surface area contributed by atoms with Crippen LogP contribution in [0.25, 0.3) is 0 Å². The summed E-state index contributed by atoms with van der Waals surface area (Å²) >= 11 is 0. The minimum atomic E-state index is -0.542. The Morgan fingerprint density at radius 1 is 1.17 bits per heavy atom. The summed E-state index contributed by atoms with van der Waals surface area (Å²) in [5, 5.41) is 4.22. The van der Waals surface area contributed by atoms with Crippen LogP contribution >= 0.6 is 0 Å². The normalized spacial score (nSPS) is 18.1. The molecule has 6 heteroatoms. The van der Waals surface area contributed by atoms with E-state index in [1.807, 2.05) is 4.90 Å². The maximum absolute atomic E-state index is 11.9. The number of nitrogens with zero attached hydrogens (tertiary/aromatic N) is 2. The molecule has 0 saturated carbocycles. The molecule has 0 spiro atoms. The lowest BCUT2D eigenvalue weighted by molar-refractivity contribution is -0.156. The molecule has 1 rings (SSSR count). The molecule has 6 nitrogen and oxygen atoms in total. The van der Waals surface area contributed by atoms with Crippen LogP contribution in [0, 0.1) is 0 Å². The summed E-state index contributed by atoms with van der Waals surface area (Å²) in [5.74, 6) is -0.717. The molecule has 0 aromatic rings. The average molecular weight is 257 g/mol. The van der Waals surface area contributed by atoms with E-state index in [0.717, 1.165) is 0 Å². The molecule has 0 N–H and O–H groups in total. The largest absolute Gasteiger partial charge is 0.466 e. The van der Waals surface area contributed by atoms with Crippen LogP contribution in [-0.2, 0) is 19.1 Å². The van der Waals surface area contributed by atoms with Gasteiger partial charge in [0.2, 0.25) is 0 Å². The van der Waals surface area contributed by atoms with Crippen molar-refractivity contribution in [3.8, 4) is 0 Å². The van der Waals surface area contributed by atoms with Gasteiger partial charge in [0, 0.05) is 26.2 Å².